The lowest BCUT2D eigenvalue weighted by Crippen LogP contribution is -2.42. The van der Waals surface area contributed by atoms with Crippen LogP contribution in [0.5, 0.6) is 5.75 Å². The molecule has 31 heavy (non-hydrogen) atoms. The molecule has 0 aliphatic carbocycles. The predicted octanol–water partition coefficient (Wildman–Crippen LogP) is 2.65. The van der Waals surface area contributed by atoms with E-state index in [4.69, 9.17) is 9.26 Å². The number of carbonyl (C=O) groups is 1. The van der Waals surface area contributed by atoms with E-state index >= 15 is 0 Å². The first-order valence-electron chi connectivity index (χ1n) is 10.3. The molecule has 3 aromatic rings. The molecule has 1 fully saturated rings. The number of ether oxygens (including phenoxy) is 1. The maximum absolute atomic E-state index is 12.9. The van der Waals surface area contributed by atoms with Crippen molar-refractivity contribution in [3.63, 3.8) is 0 Å². The molecule has 0 radical (unpaired) electrons. The molecule has 9 heteroatoms. The molecule has 0 atom stereocenters. The van der Waals surface area contributed by atoms with Gasteiger partial charge in [-0.15, -0.1) is 0 Å². The highest BCUT2D eigenvalue weighted by Gasteiger charge is 2.26. The van der Waals surface area contributed by atoms with Crippen molar-refractivity contribution in [1.82, 2.24) is 25.3 Å². The third kappa shape index (κ3) is 5.85. The Labute approximate surface area is 179 Å². The summed E-state index contributed by atoms with van der Waals surface area (Å²) >= 11 is 0. The molecule has 162 valence electrons. The lowest BCUT2D eigenvalue weighted by atomic mass is 9.97. The van der Waals surface area contributed by atoms with E-state index in [0.717, 1.165) is 25.9 Å². The molecule has 8 nitrogen and oxygen atoms in total. The number of aromatic nitrogens is 3. The number of carbonyl (C=O) groups excluding carboxylic acids is 1. The Bertz CT molecular complexity index is 972. The second-order valence-electron chi connectivity index (χ2n) is 7.37. The Kier molecular flexibility index (Phi) is 6.83. The maximum Gasteiger partial charge on any atom is 0.234 e. The van der Waals surface area contributed by atoms with Crippen LogP contribution in [0.2, 0.25) is 0 Å². The summed E-state index contributed by atoms with van der Waals surface area (Å²) in [6, 6.07) is 11.4. The fourth-order valence-corrected chi connectivity index (χ4v) is 3.49. The summed E-state index contributed by atoms with van der Waals surface area (Å²) in [5, 5.41) is 6.89. The normalized spacial score (nSPS) is 15.0. The third-order valence-electron chi connectivity index (χ3n) is 5.15. The number of halogens is 1. The highest BCUT2D eigenvalue weighted by Crippen LogP contribution is 2.28. The first-order valence-corrected chi connectivity index (χ1v) is 10.3. The van der Waals surface area contributed by atoms with E-state index in [1.807, 2.05) is 18.2 Å². The summed E-state index contributed by atoms with van der Waals surface area (Å²) in [4.78, 5) is 23.0. The molecule has 1 aliphatic rings. The molecule has 1 saturated heterocycles. The summed E-state index contributed by atoms with van der Waals surface area (Å²) < 4.78 is 23.8. The molecule has 4 rings (SSSR count). The van der Waals surface area contributed by atoms with Crippen LogP contribution in [0.4, 0.5) is 4.39 Å². The van der Waals surface area contributed by atoms with Crippen molar-refractivity contribution in [2.24, 2.45) is 0 Å². The van der Waals surface area contributed by atoms with Gasteiger partial charge in [-0.25, -0.2) is 4.39 Å². The summed E-state index contributed by atoms with van der Waals surface area (Å²) in [7, 11) is 0. The molecule has 0 spiro atoms. The third-order valence-corrected chi connectivity index (χ3v) is 5.15. The van der Waals surface area contributed by atoms with Gasteiger partial charge in [0, 0.05) is 12.1 Å². The van der Waals surface area contributed by atoms with Gasteiger partial charge in [-0.05, 0) is 62.3 Å². The lowest BCUT2D eigenvalue weighted by molar-refractivity contribution is -0.122. The zero-order chi connectivity index (χ0) is 21.5. The zero-order valence-electron chi connectivity index (χ0n) is 17.0. The molecule has 1 aromatic carbocycles. The van der Waals surface area contributed by atoms with Crippen LogP contribution in [0.15, 0.2) is 53.2 Å². The Balaban J connectivity index is 1.16. The van der Waals surface area contributed by atoms with Crippen LogP contribution >= 0.6 is 0 Å². The van der Waals surface area contributed by atoms with E-state index in [9.17, 15) is 9.18 Å². The molecule has 0 unspecified atom stereocenters. The van der Waals surface area contributed by atoms with E-state index in [1.54, 1.807) is 18.3 Å². The van der Waals surface area contributed by atoms with Gasteiger partial charge in [0.05, 0.1) is 13.1 Å². The van der Waals surface area contributed by atoms with Gasteiger partial charge in [0.1, 0.15) is 23.9 Å². The molecular weight excluding hydrogens is 401 g/mol. The number of likely N-dealkylation sites (tertiary alicyclic amines) is 1. The number of nitrogens with zero attached hydrogens (tertiary/aromatic N) is 4. The minimum atomic E-state index is -0.308. The number of amides is 1. The van der Waals surface area contributed by atoms with Crippen LogP contribution < -0.4 is 10.1 Å². The van der Waals surface area contributed by atoms with Crippen LogP contribution in [-0.2, 0) is 4.79 Å². The van der Waals surface area contributed by atoms with Crippen molar-refractivity contribution in [1.29, 1.82) is 0 Å². The van der Waals surface area contributed by atoms with Crippen LogP contribution in [-0.4, -0.2) is 58.7 Å². The Hall–Kier alpha value is -3.33. The topological polar surface area (TPSA) is 93.4 Å². The van der Waals surface area contributed by atoms with Gasteiger partial charge in [-0.2, -0.15) is 4.98 Å². The highest BCUT2D eigenvalue weighted by molar-refractivity contribution is 5.78. The summed E-state index contributed by atoms with van der Waals surface area (Å²) in [5.74, 6) is 1.54. The zero-order valence-corrected chi connectivity index (χ0v) is 17.0. The number of hydrogen-bond acceptors (Lipinski definition) is 7. The molecule has 1 aliphatic heterocycles. The second kappa shape index (κ2) is 10.1. The summed E-state index contributed by atoms with van der Waals surface area (Å²) in [6.07, 6.45) is 3.40. The first-order chi connectivity index (χ1) is 15.2. The Morgan fingerprint density at radius 3 is 2.74 bits per heavy atom. The van der Waals surface area contributed by atoms with Crippen molar-refractivity contribution < 1.29 is 18.4 Å². The fraction of sp³-hybridized carbons (Fsp3) is 0.364. The largest absolute Gasteiger partial charge is 0.492 e. The molecule has 1 amide bonds. The monoisotopic (exact) mass is 425 g/mol. The van der Waals surface area contributed by atoms with E-state index in [0.29, 0.717) is 42.9 Å². The predicted molar refractivity (Wildman–Crippen MR) is 111 cm³/mol. The van der Waals surface area contributed by atoms with Crippen LogP contribution in [0, 0.1) is 5.82 Å². The number of hydrogen-bond donors (Lipinski definition) is 1. The minimum absolute atomic E-state index is 0.0450. The van der Waals surface area contributed by atoms with Gasteiger partial charge in [0.15, 0.2) is 0 Å². The summed E-state index contributed by atoms with van der Waals surface area (Å²) in [5.41, 5.74) is 0.690. The molecule has 2 aromatic heterocycles. The van der Waals surface area contributed by atoms with Crippen molar-refractivity contribution >= 4 is 5.91 Å². The smallest absolute Gasteiger partial charge is 0.234 e. The van der Waals surface area contributed by atoms with Gasteiger partial charge in [-0.1, -0.05) is 11.2 Å². The number of nitrogens with one attached hydrogen (secondary N) is 1. The lowest BCUT2D eigenvalue weighted by Gasteiger charge is -2.29. The molecule has 0 bridgehead atoms. The van der Waals surface area contributed by atoms with E-state index in [-0.39, 0.29) is 17.6 Å². The average Bonchev–Trinajstić information content (AvgIpc) is 3.29. The standard InChI is InChI=1S/C22H24FN5O3/c23-17-4-6-18(7-5-17)30-14-11-25-20(29)15-28-12-8-16(9-13-28)22-26-21(27-31-22)19-3-1-2-10-24-19/h1-7,10,16H,8-9,11-15H2,(H,25,29). The first kappa shape index (κ1) is 20.9. The Morgan fingerprint density at radius 1 is 1.19 bits per heavy atom. The van der Waals surface area contributed by atoms with Crippen LogP contribution in [0.3, 0.4) is 0 Å². The second-order valence-corrected chi connectivity index (χ2v) is 7.37. The van der Waals surface area contributed by atoms with Gasteiger partial charge < -0.3 is 14.6 Å². The quantitative estimate of drug-likeness (QED) is 0.555. The van der Waals surface area contributed by atoms with Crippen molar-refractivity contribution in [2.45, 2.75) is 18.8 Å². The number of benzene rings is 1. The average molecular weight is 425 g/mol. The highest BCUT2D eigenvalue weighted by atomic mass is 19.1. The van der Waals surface area contributed by atoms with Crippen molar-refractivity contribution in [2.75, 3.05) is 32.8 Å². The van der Waals surface area contributed by atoms with Crippen LogP contribution in [0.25, 0.3) is 11.5 Å². The molecule has 0 saturated carbocycles. The van der Waals surface area contributed by atoms with Gasteiger partial charge in [0.2, 0.25) is 17.6 Å². The number of pyridine rings is 1. The number of rotatable bonds is 8. The van der Waals surface area contributed by atoms with Crippen LogP contribution in [0.1, 0.15) is 24.7 Å². The van der Waals surface area contributed by atoms with Crippen molar-refractivity contribution in [3.05, 3.63) is 60.4 Å². The van der Waals surface area contributed by atoms with Gasteiger partial charge in [0.25, 0.3) is 0 Å². The Morgan fingerprint density at radius 2 is 2.00 bits per heavy atom. The van der Waals surface area contributed by atoms with E-state index in [2.05, 4.69) is 25.3 Å². The van der Waals surface area contributed by atoms with E-state index in [1.165, 1.54) is 12.1 Å². The SMILES string of the molecule is O=C(CN1CCC(c2nc(-c3ccccn3)no2)CC1)NCCOc1ccc(F)cc1. The summed E-state index contributed by atoms with van der Waals surface area (Å²) in [6.45, 7) is 2.63. The molecule has 3 heterocycles. The molecular formula is C22H24FN5O3. The molecule has 1 N–H and O–H groups in total. The fourth-order valence-electron chi connectivity index (χ4n) is 3.49. The van der Waals surface area contributed by atoms with Gasteiger partial charge >= 0.3 is 0 Å². The van der Waals surface area contributed by atoms with Gasteiger partial charge in [-0.3, -0.25) is 14.7 Å². The van der Waals surface area contributed by atoms with E-state index < -0.39 is 0 Å². The van der Waals surface area contributed by atoms with Crippen molar-refractivity contribution in [3.8, 4) is 17.3 Å². The number of piperidine rings is 1. The minimum Gasteiger partial charge on any atom is -0.492 e. The maximum atomic E-state index is 12.9.